The second kappa shape index (κ2) is 9.04. The van der Waals surface area contributed by atoms with Crippen LogP contribution in [0.3, 0.4) is 0 Å². The molecule has 1 aliphatic heterocycles. The number of hydrogen-bond donors (Lipinski definition) is 3. The quantitative estimate of drug-likeness (QED) is 0.371. The van der Waals surface area contributed by atoms with Crippen LogP contribution >= 0.6 is 0 Å². The van der Waals surface area contributed by atoms with Crippen molar-refractivity contribution in [3.63, 3.8) is 0 Å². The Hall–Kier alpha value is -4.61. The van der Waals surface area contributed by atoms with Crippen molar-refractivity contribution >= 4 is 28.9 Å². The highest BCUT2D eigenvalue weighted by Crippen LogP contribution is 2.36. The van der Waals surface area contributed by atoms with E-state index in [4.69, 9.17) is 14.2 Å². The SMILES string of the molecule is COc1ccc(C(=O)NNc2ncnc(Nc3ccc4c(c3)OCCO4)c2[N+](=O)[O-])cc1. The van der Waals surface area contributed by atoms with Gasteiger partial charge in [-0.15, -0.1) is 0 Å². The highest BCUT2D eigenvalue weighted by Gasteiger charge is 2.24. The molecule has 0 radical (unpaired) electrons. The van der Waals surface area contributed by atoms with Gasteiger partial charge in [-0.25, -0.2) is 9.97 Å². The molecule has 1 amide bonds. The predicted molar refractivity (Wildman–Crippen MR) is 113 cm³/mol. The molecule has 0 atom stereocenters. The lowest BCUT2D eigenvalue weighted by molar-refractivity contribution is -0.383. The first kappa shape index (κ1) is 20.7. The summed E-state index contributed by atoms with van der Waals surface area (Å²) in [7, 11) is 1.52. The van der Waals surface area contributed by atoms with Crippen LogP contribution in [0.4, 0.5) is 23.0 Å². The van der Waals surface area contributed by atoms with Crippen molar-refractivity contribution in [2.45, 2.75) is 0 Å². The van der Waals surface area contributed by atoms with E-state index in [2.05, 4.69) is 26.1 Å². The predicted octanol–water partition coefficient (Wildman–Crippen LogP) is 2.67. The number of ether oxygens (including phenoxy) is 3. The molecule has 3 aromatic rings. The molecule has 0 fully saturated rings. The highest BCUT2D eigenvalue weighted by molar-refractivity contribution is 5.95. The summed E-state index contributed by atoms with van der Waals surface area (Å²) in [6.07, 6.45) is 1.13. The molecule has 164 valence electrons. The maximum absolute atomic E-state index is 12.3. The van der Waals surface area contributed by atoms with Gasteiger partial charge in [0.15, 0.2) is 11.5 Å². The Balaban J connectivity index is 1.52. The Labute approximate surface area is 181 Å². The molecule has 12 heteroatoms. The summed E-state index contributed by atoms with van der Waals surface area (Å²) >= 11 is 0. The zero-order chi connectivity index (χ0) is 22.5. The van der Waals surface area contributed by atoms with E-state index in [1.807, 2.05) is 0 Å². The maximum atomic E-state index is 12.3. The fourth-order valence-corrected chi connectivity index (χ4v) is 2.92. The zero-order valence-corrected chi connectivity index (χ0v) is 16.8. The Morgan fingerprint density at radius 1 is 1.06 bits per heavy atom. The first-order chi connectivity index (χ1) is 15.5. The summed E-state index contributed by atoms with van der Waals surface area (Å²) in [5, 5.41) is 14.6. The molecule has 12 nitrogen and oxygen atoms in total. The minimum atomic E-state index is -0.651. The number of nitro groups is 1. The summed E-state index contributed by atoms with van der Waals surface area (Å²) in [4.78, 5) is 31.3. The van der Waals surface area contributed by atoms with Crippen LogP contribution in [0.2, 0.25) is 0 Å². The van der Waals surface area contributed by atoms with Crippen LogP contribution in [0.1, 0.15) is 10.4 Å². The van der Waals surface area contributed by atoms with Crippen LogP contribution in [0, 0.1) is 10.1 Å². The molecule has 0 saturated carbocycles. The molecule has 2 aromatic carbocycles. The summed E-state index contributed by atoms with van der Waals surface area (Å²) in [6, 6.07) is 11.4. The number of carbonyl (C=O) groups is 1. The largest absolute Gasteiger partial charge is 0.497 e. The van der Waals surface area contributed by atoms with E-state index < -0.39 is 16.5 Å². The van der Waals surface area contributed by atoms with Gasteiger partial charge in [-0.2, -0.15) is 0 Å². The molecular formula is C20H18N6O6. The van der Waals surface area contributed by atoms with E-state index in [0.29, 0.717) is 41.7 Å². The minimum Gasteiger partial charge on any atom is -0.497 e. The van der Waals surface area contributed by atoms with Gasteiger partial charge in [-0.3, -0.25) is 25.8 Å². The second-order valence-corrected chi connectivity index (χ2v) is 6.47. The van der Waals surface area contributed by atoms with Crippen molar-refractivity contribution in [2.24, 2.45) is 0 Å². The minimum absolute atomic E-state index is 0.0668. The number of hydrazine groups is 1. The number of nitrogens with zero attached hydrogens (tertiary/aromatic N) is 3. The van der Waals surface area contributed by atoms with E-state index in [1.54, 1.807) is 42.5 Å². The molecule has 0 spiro atoms. The van der Waals surface area contributed by atoms with Crippen LogP contribution in [0.25, 0.3) is 0 Å². The third kappa shape index (κ3) is 4.43. The Morgan fingerprint density at radius 2 is 1.78 bits per heavy atom. The van der Waals surface area contributed by atoms with Crippen molar-refractivity contribution in [3.05, 3.63) is 64.5 Å². The van der Waals surface area contributed by atoms with Gasteiger partial charge in [0.25, 0.3) is 5.91 Å². The second-order valence-electron chi connectivity index (χ2n) is 6.47. The van der Waals surface area contributed by atoms with Crippen LogP contribution in [0.15, 0.2) is 48.8 Å². The molecule has 1 aromatic heterocycles. The van der Waals surface area contributed by atoms with E-state index in [-0.39, 0.29) is 11.6 Å². The lowest BCUT2D eigenvalue weighted by Crippen LogP contribution is -2.30. The smallest absolute Gasteiger partial charge is 0.355 e. The molecule has 1 aliphatic rings. The third-order valence-electron chi connectivity index (χ3n) is 4.46. The summed E-state index contributed by atoms with van der Waals surface area (Å²) in [5.74, 6) is 0.929. The van der Waals surface area contributed by atoms with Gasteiger partial charge in [-0.1, -0.05) is 0 Å². The average molecular weight is 438 g/mol. The molecule has 3 N–H and O–H groups in total. The number of methoxy groups -OCH3 is 1. The van der Waals surface area contributed by atoms with Gasteiger partial charge in [0.2, 0.25) is 11.6 Å². The van der Waals surface area contributed by atoms with Crippen molar-refractivity contribution < 1.29 is 23.9 Å². The standard InChI is InChI=1S/C20H18N6O6/c1-30-14-5-2-12(3-6-14)20(27)25-24-19-17(26(28)29)18(21-11-22-19)23-13-4-7-15-16(10-13)32-9-8-31-15/h2-7,10-11H,8-9H2,1H3,(H,25,27)(H2,21,22,23,24). The van der Waals surface area contributed by atoms with Crippen LogP contribution < -0.4 is 30.4 Å². The third-order valence-corrected chi connectivity index (χ3v) is 4.46. The number of rotatable bonds is 7. The fraction of sp³-hybridized carbons (Fsp3) is 0.150. The first-order valence-corrected chi connectivity index (χ1v) is 9.41. The van der Waals surface area contributed by atoms with Gasteiger partial charge < -0.3 is 19.5 Å². The number of carbonyl (C=O) groups excluding carboxylic acids is 1. The van der Waals surface area contributed by atoms with E-state index in [1.165, 1.54) is 7.11 Å². The van der Waals surface area contributed by atoms with Gasteiger partial charge in [0, 0.05) is 17.3 Å². The number of anilines is 3. The lowest BCUT2D eigenvalue weighted by atomic mass is 10.2. The summed E-state index contributed by atoms with van der Waals surface area (Å²) < 4.78 is 16.0. The van der Waals surface area contributed by atoms with Crippen LogP contribution in [0.5, 0.6) is 17.2 Å². The van der Waals surface area contributed by atoms with Gasteiger partial charge >= 0.3 is 5.69 Å². The molecule has 4 rings (SSSR count). The molecular weight excluding hydrogens is 420 g/mol. The fourth-order valence-electron chi connectivity index (χ4n) is 2.92. The van der Waals surface area contributed by atoms with Crippen molar-refractivity contribution in [1.29, 1.82) is 0 Å². The number of benzene rings is 2. The van der Waals surface area contributed by atoms with E-state index >= 15 is 0 Å². The summed E-state index contributed by atoms with van der Waals surface area (Å²) in [5.41, 5.74) is 5.26. The molecule has 0 aliphatic carbocycles. The monoisotopic (exact) mass is 438 g/mol. The molecule has 32 heavy (non-hydrogen) atoms. The van der Waals surface area contributed by atoms with Gasteiger partial charge in [0.05, 0.1) is 12.0 Å². The van der Waals surface area contributed by atoms with E-state index in [9.17, 15) is 14.9 Å². The van der Waals surface area contributed by atoms with Crippen molar-refractivity contribution in [2.75, 3.05) is 31.1 Å². The van der Waals surface area contributed by atoms with Crippen molar-refractivity contribution in [3.8, 4) is 17.2 Å². The van der Waals surface area contributed by atoms with E-state index in [0.717, 1.165) is 6.33 Å². The topological polar surface area (TPSA) is 150 Å². The number of nitrogens with one attached hydrogen (secondary N) is 3. The Bertz CT molecular complexity index is 1150. The Morgan fingerprint density at radius 3 is 2.50 bits per heavy atom. The summed E-state index contributed by atoms with van der Waals surface area (Å²) in [6.45, 7) is 0.862. The first-order valence-electron chi connectivity index (χ1n) is 9.41. The van der Waals surface area contributed by atoms with Crippen molar-refractivity contribution in [1.82, 2.24) is 15.4 Å². The number of aromatic nitrogens is 2. The molecule has 2 heterocycles. The number of fused-ring (bicyclic) bond motifs is 1. The van der Waals surface area contributed by atoms with Gasteiger partial charge in [-0.05, 0) is 36.4 Å². The highest BCUT2D eigenvalue weighted by atomic mass is 16.6. The lowest BCUT2D eigenvalue weighted by Gasteiger charge is -2.19. The maximum Gasteiger partial charge on any atom is 0.355 e. The zero-order valence-electron chi connectivity index (χ0n) is 16.8. The van der Waals surface area contributed by atoms with Gasteiger partial charge in [0.1, 0.15) is 25.3 Å². The molecule has 0 saturated heterocycles. The average Bonchev–Trinajstić information content (AvgIpc) is 2.82. The van der Waals surface area contributed by atoms with Crippen LogP contribution in [-0.4, -0.2) is 41.1 Å². The number of hydrogen-bond acceptors (Lipinski definition) is 10. The van der Waals surface area contributed by atoms with Crippen LogP contribution in [-0.2, 0) is 0 Å². The molecule has 0 bridgehead atoms. The Kier molecular flexibility index (Phi) is 5.83. The number of amides is 1. The molecule has 0 unspecified atom stereocenters. The normalized spacial score (nSPS) is 11.9.